The Morgan fingerprint density at radius 2 is 1.74 bits per heavy atom. The van der Waals surface area contributed by atoms with Crippen LogP contribution in [0.4, 0.5) is 5.69 Å². The highest BCUT2D eigenvalue weighted by atomic mass is 35.5. The van der Waals surface area contributed by atoms with Crippen molar-refractivity contribution in [3.8, 4) is 0 Å². The lowest BCUT2D eigenvalue weighted by molar-refractivity contribution is -0.135. The third-order valence-electron chi connectivity index (χ3n) is 6.49. The molecule has 1 aliphatic carbocycles. The molecule has 2 unspecified atom stereocenters. The summed E-state index contributed by atoms with van der Waals surface area (Å²) in [6.07, 6.45) is 6.46. The molecule has 4 rings (SSSR count). The van der Waals surface area contributed by atoms with Crippen LogP contribution in [0, 0.1) is 5.92 Å². The van der Waals surface area contributed by atoms with Gasteiger partial charge in [-0.3, -0.25) is 14.4 Å². The zero-order chi connectivity index (χ0) is 22.0. The van der Waals surface area contributed by atoms with E-state index in [4.69, 9.17) is 11.6 Å². The minimum atomic E-state index is -1.37. The van der Waals surface area contributed by atoms with Crippen molar-refractivity contribution in [2.45, 2.75) is 56.9 Å². The second-order valence-electron chi connectivity index (χ2n) is 8.83. The third kappa shape index (κ3) is 4.52. The fourth-order valence-corrected chi connectivity index (χ4v) is 4.93. The molecule has 1 heterocycles. The predicted molar refractivity (Wildman–Crippen MR) is 121 cm³/mol. The summed E-state index contributed by atoms with van der Waals surface area (Å²) in [5.41, 5.74) is 1.44. The lowest BCUT2D eigenvalue weighted by atomic mass is 9.84. The van der Waals surface area contributed by atoms with Crippen LogP contribution >= 0.6 is 11.6 Å². The number of anilines is 1. The lowest BCUT2D eigenvalue weighted by Gasteiger charge is -2.23. The van der Waals surface area contributed by atoms with Crippen molar-refractivity contribution in [3.63, 3.8) is 0 Å². The van der Waals surface area contributed by atoms with Gasteiger partial charge in [-0.1, -0.05) is 61.2 Å². The van der Waals surface area contributed by atoms with Gasteiger partial charge in [0.25, 0.3) is 0 Å². The van der Waals surface area contributed by atoms with Crippen LogP contribution < -0.4 is 10.6 Å². The van der Waals surface area contributed by atoms with Crippen molar-refractivity contribution < 1.29 is 14.4 Å². The van der Waals surface area contributed by atoms with E-state index in [0.717, 1.165) is 5.56 Å². The van der Waals surface area contributed by atoms with Crippen LogP contribution in [0.3, 0.4) is 0 Å². The number of ketones is 1. The average Bonchev–Trinajstić information content (AvgIpc) is 2.99. The van der Waals surface area contributed by atoms with E-state index >= 15 is 0 Å². The van der Waals surface area contributed by atoms with Crippen molar-refractivity contribution in [1.29, 1.82) is 0 Å². The van der Waals surface area contributed by atoms with E-state index in [1.165, 1.54) is 37.7 Å². The number of Topliss-reactive ketones (excluding diaryl/α,β-unsaturated/α-hetero) is 1. The monoisotopic (exact) mass is 438 g/mol. The first-order valence-electron chi connectivity index (χ1n) is 10.9. The summed E-state index contributed by atoms with van der Waals surface area (Å²) >= 11 is 6.22. The van der Waals surface area contributed by atoms with E-state index in [2.05, 4.69) is 10.6 Å². The largest absolute Gasteiger partial charge is 0.342 e. The molecule has 2 fully saturated rings. The molecule has 1 saturated heterocycles. The maximum atomic E-state index is 13.1. The first-order chi connectivity index (χ1) is 14.9. The van der Waals surface area contributed by atoms with Crippen LogP contribution in [0.25, 0.3) is 0 Å². The molecular formula is C25H27ClN2O3. The Hall–Kier alpha value is -2.66. The fraction of sp³-hybridized carbons (Fsp3) is 0.400. The molecule has 1 saturated carbocycles. The fourth-order valence-electron chi connectivity index (χ4n) is 4.72. The summed E-state index contributed by atoms with van der Waals surface area (Å²) < 4.78 is 0. The molecule has 2 aromatic rings. The molecule has 0 radical (unpaired) electrons. The van der Waals surface area contributed by atoms with Crippen LogP contribution in [0.2, 0.25) is 5.02 Å². The summed E-state index contributed by atoms with van der Waals surface area (Å²) in [7, 11) is 0. The van der Waals surface area contributed by atoms with E-state index in [1.54, 1.807) is 19.1 Å². The Kier molecular flexibility index (Phi) is 6.15. The molecule has 162 valence electrons. The lowest BCUT2D eigenvalue weighted by Crippen LogP contribution is -2.45. The average molecular weight is 439 g/mol. The Bertz CT molecular complexity index is 998. The number of halogens is 1. The topological polar surface area (TPSA) is 75.3 Å². The minimum absolute atomic E-state index is 0.233. The molecule has 5 nitrogen and oxygen atoms in total. The van der Waals surface area contributed by atoms with Crippen molar-refractivity contribution in [3.05, 3.63) is 64.7 Å². The van der Waals surface area contributed by atoms with Gasteiger partial charge in [-0.25, -0.2) is 0 Å². The van der Waals surface area contributed by atoms with Crippen LogP contribution in [-0.2, 0) is 20.8 Å². The van der Waals surface area contributed by atoms with Crippen LogP contribution in [0.1, 0.15) is 56.1 Å². The summed E-state index contributed by atoms with van der Waals surface area (Å²) in [5, 5.41) is 5.98. The highest BCUT2D eigenvalue weighted by Gasteiger charge is 2.52. The van der Waals surface area contributed by atoms with Gasteiger partial charge in [0.15, 0.2) is 11.7 Å². The molecule has 2 N–H and O–H groups in total. The molecule has 0 bridgehead atoms. The summed E-state index contributed by atoms with van der Waals surface area (Å²) in [6, 6.07) is 14.9. The molecule has 0 aromatic heterocycles. The van der Waals surface area contributed by atoms with Gasteiger partial charge in [-0.15, -0.1) is 0 Å². The molecule has 1 aliphatic heterocycles. The van der Waals surface area contributed by atoms with Crippen molar-refractivity contribution in [1.82, 2.24) is 5.32 Å². The van der Waals surface area contributed by atoms with Crippen LogP contribution in [0.15, 0.2) is 48.5 Å². The van der Waals surface area contributed by atoms with Gasteiger partial charge in [0.2, 0.25) is 11.8 Å². The number of nitrogens with one attached hydrogen (secondary N) is 2. The molecule has 2 aliphatic rings. The summed E-state index contributed by atoms with van der Waals surface area (Å²) in [5.74, 6) is -2.41. The smallest absolute Gasteiger partial charge is 0.244 e. The number of hydrogen-bond donors (Lipinski definition) is 2. The van der Waals surface area contributed by atoms with Gasteiger partial charge in [0.05, 0.1) is 0 Å². The number of rotatable bonds is 5. The number of amides is 2. The Morgan fingerprint density at radius 3 is 2.42 bits per heavy atom. The quantitative estimate of drug-likeness (QED) is 0.667. The van der Waals surface area contributed by atoms with Gasteiger partial charge < -0.3 is 10.6 Å². The number of carbonyl (C=O) groups is 3. The first-order valence-corrected chi connectivity index (χ1v) is 11.3. The number of benzene rings is 2. The highest BCUT2D eigenvalue weighted by molar-refractivity contribution is 6.31. The van der Waals surface area contributed by atoms with Crippen LogP contribution in [0.5, 0.6) is 0 Å². The predicted octanol–water partition coefficient (Wildman–Crippen LogP) is 4.64. The molecule has 2 amide bonds. The minimum Gasteiger partial charge on any atom is -0.342 e. The van der Waals surface area contributed by atoms with Gasteiger partial charge in [0.1, 0.15) is 5.54 Å². The summed E-state index contributed by atoms with van der Waals surface area (Å²) in [6.45, 7) is 1.64. The number of hydrogen-bond acceptors (Lipinski definition) is 3. The second-order valence-corrected chi connectivity index (χ2v) is 9.24. The first kappa shape index (κ1) is 21.6. The zero-order valence-corrected chi connectivity index (χ0v) is 18.4. The Morgan fingerprint density at radius 1 is 1.06 bits per heavy atom. The Balaban J connectivity index is 1.44. The molecule has 6 heteroatoms. The SMILES string of the molecule is CC1(Cc2ccccc2Cl)NC(=O)C(C(=O)Nc2ccc(C3CCCCC3)cc2)C1=O. The van der Waals surface area contributed by atoms with E-state index in [1.807, 2.05) is 36.4 Å². The van der Waals surface area contributed by atoms with Crippen molar-refractivity contribution >= 4 is 34.9 Å². The van der Waals surface area contributed by atoms with Crippen LogP contribution in [-0.4, -0.2) is 23.1 Å². The zero-order valence-electron chi connectivity index (χ0n) is 17.6. The Labute approximate surface area is 187 Å². The van der Waals surface area contributed by atoms with Crippen molar-refractivity contribution in [2.75, 3.05) is 5.32 Å². The maximum absolute atomic E-state index is 13.1. The van der Waals surface area contributed by atoms with Gasteiger partial charge in [-0.2, -0.15) is 0 Å². The number of carbonyl (C=O) groups excluding carboxylic acids is 3. The molecule has 31 heavy (non-hydrogen) atoms. The van der Waals surface area contributed by atoms with E-state index in [-0.39, 0.29) is 6.42 Å². The van der Waals surface area contributed by atoms with E-state index < -0.39 is 29.1 Å². The molecular weight excluding hydrogens is 412 g/mol. The second kappa shape index (κ2) is 8.83. The highest BCUT2D eigenvalue weighted by Crippen LogP contribution is 2.33. The normalized spacial score (nSPS) is 24.1. The van der Waals surface area contributed by atoms with Gasteiger partial charge in [-0.05, 0) is 55.0 Å². The van der Waals surface area contributed by atoms with E-state index in [0.29, 0.717) is 16.6 Å². The van der Waals surface area contributed by atoms with E-state index in [9.17, 15) is 14.4 Å². The maximum Gasteiger partial charge on any atom is 0.244 e. The standard InChI is InChI=1S/C25H27ClN2O3/c1-25(15-18-9-5-6-10-20(18)26)22(29)21(24(31)28-25)23(30)27-19-13-11-17(12-14-19)16-7-3-2-4-8-16/h5-6,9-14,16,21H,2-4,7-8,15H2,1H3,(H,27,30)(H,28,31). The molecule has 0 spiro atoms. The van der Waals surface area contributed by atoms with Gasteiger partial charge >= 0.3 is 0 Å². The molecule has 2 aromatic carbocycles. The summed E-state index contributed by atoms with van der Waals surface area (Å²) in [4.78, 5) is 38.4. The molecule has 2 atom stereocenters. The van der Waals surface area contributed by atoms with Gasteiger partial charge in [0, 0.05) is 17.1 Å². The third-order valence-corrected chi connectivity index (χ3v) is 6.85. The van der Waals surface area contributed by atoms with Crippen molar-refractivity contribution in [2.24, 2.45) is 5.92 Å².